The topological polar surface area (TPSA) is 70.8 Å². The predicted octanol–water partition coefficient (Wildman–Crippen LogP) is 3.20. The molecule has 35 heavy (non-hydrogen) atoms. The first kappa shape index (κ1) is 22.0. The second-order valence-electron chi connectivity index (χ2n) is 9.41. The average Bonchev–Trinajstić information content (AvgIpc) is 3.62. The first-order valence-corrected chi connectivity index (χ1v) is 12.4. The van der Waals surface area contributed by atoms with E-state index in [4.69, 9.17) is 9.72 Å². The van der Waals surface area contributed by atoms with E-state index >= 15 is 0 Å². The molecule has 180 valence electrons. The van der Waals surface area contributed by atoms with Gasteiger partial charge in [-0.25, -0.2) is 14.5 Å². The summed E-state index contributed by atoms with van der Waals surface area (Å²) in [6, 6.07) is 12.8. The van der Waals surface area contributed by atoms with Gasteiger partial charge in [0.25, 0.3) is 0 Å². The summed E-state index contributed by atoms with van der Waals surface area (Å²) in [5.74, 6) is 2.24. The van der Waals surface area contributed by atoms with Crippen molar-refractivity contribution in [1.29, 1.82) is 0 Å². The Bertz CT molecular complexity index is 1270. The number of ether oxygens (including phenoxy) is 1. The Labute approximate surface area is 205 Å². The number of hydrogen-bond donors (Lipinski definition) is 1. The van der Waals surface area contributed by atoms with E-state index in [1.807, 2.05) is 29.2 Å². The van der Waals surface area contributed by atoms with Gasteiger partial charge in [0.2, 0.25) is 5.88 Å². The number of fused-ring (bicyclic) bond motifs is 1. The van der Waals surface area contributed by atoms with Crippen LogP contribution in [0.4, 0.5) is 5.82 Å². The number of rotatable bonds is 6. The van der Waals surface area contributed by atoms with Crippen LogP contribution in [0.2, 0.25) is 0 Å². The summed E-state index contributed by atoms with van der Waals surface area (Å²) in [6.07, 6.45) is 9.15. The van der Waals surface area contributed by atoms with E-state index in [2.05, 4.69) is 61.7 Å². The molecule has 4 aromatic rings. The number of hydrogen-bond acceptors (Lipinski definition) is 7. The van der Waals surface area contributed by atoms with Crippen LogP contribution < -0.4 is 15.0 Å². The maximum atomic E-state index is 5.16. The lowest BCUT2D eigenvalue weighted by molar-refractivity contribution is 0.249. The van der Waals surface area contributed by atoms with Gasteiger partial charge in [0.15, 0.2) is 0 Å². The zero-order valence-corrected chi connectivity index (χ0v) is 20.1. The fourth-order valence-electron chi connectivity index (χ4n) is 5.19. The van der Waals surface area contributed by atoms with Crippen molar-refractivity contribution in [2.24, 2.45) is 0 Å². The number of nitrogens with one attached hydrogen (secondary N) is 1. The maximum Gasteiger partial charge on any atom is 0.212 e. The van der Waals surface area contributed by atoms with Crippen LogP contribution in [-0.4, -0.2) is 70.9 Å². The summed E-state index contributed by atoms with van der Waals surface area (Å²) in [4.78, 5) is 14.0. The first-order valence-electron chi connectivity index (χ1n) is 12.4. The van der Waals surface area contributed by atoms with E-state index in [9.17, 15) is 0 Å². The van der Waals surface area contributed by atoms with Crippen LogP contribution in [0.15, 0.2) is 61.2 Å². The van der Waals surface area contributed by atoms with Gasteiger partial charge in [-0.1, -0.05) is 6.07 Å². The number of piperazine rings is 1. The van der Waals surface area contributed by atoms with Gasteiger partial charge < -0.3 is 15.0 Å². The molecule has 0 bridgehead atoms. The Morgan fingerprint density at radius 1 is 1.03 bits per heavy atom. The Morgan fingerprint density at radius 3 is 2.66 bits per heavy atom. The van der Waals surface area contributed by atoms with E-state index in [-0.39, 0.29) is 0 Å². The van der Waals surface area contributed by atoms with Crippen LogP contribution in [0.5, 0.6) is 5.88 Å². The molecule has 8 nitrogen and oxygen atoms in total. The van der Waals surface area contributed by atoms with Gasteiger partial charge in [-0.2, -0.15) is 5.10 Å². The van der Waals surface area contributed by atoms with Crippen molar-refractivity contribution in [1.82, 2.24) is 29.8 Å². The van der Waals surface area contributed by atoms with Gasteiger partial charge in [-0.05, 0) is 54.3 Å². The second-order valence-corrected chi connectivity index (χ2v) is 9.41. The van der Waals surface area contributed by atoms with Crippen molar-refractivity contribution in [2.45, 2.75) is 18.9 Å². The molecule has 0 aromatic carbocycles. The fourth-order valence-corrected chi connectivity index (χ4v) is 5.19. The third-order valence-electron chi connectivity index (χ3n) is 7.23. The zero-order valence-electron chi connectivity index (χ0n) is 20.1. The van der Waals surface area contributed by atoms with Crippen LogP contribution in [0, 0.1) is 0 Å². The lowest BCUT2D eigenvalue weighted by atomic mass is 9.96. The highest BCUT2D eigenvalue weighted by Gasteiger charge is 2.21. The van der Waals surface area contributed by atoms with Crippen LogP contribution in [0.3, 0.4) is 0 Å². The third kappa shape index (κ3) is 4.59. The molecule has 6 heterocycles. The quantitative estimate of drug-likeness (QED) is 0.465. The molecule has 0 amide bonds. The molecule has 0 radical (unpaired) electrons. The van der Waals surface area contributed by atoms with E-state index < -0.39 is 0 Å². The lowest BCUT2D eigenvalue weighted by Gasteiger charge is -2.35. The number of methoxy groups -OCH3 is 1. The molecular formula is C27H31N7O. The lowest BCUT2D eigenvalue weighted by Crippen LogP contribution is -2.46. The summed E-state index contributed by atoms with van der Waals surface area (Å²) >= 11 is 0. The van der Waals surface area contributed by atoms with Crippen molar-refractivity contribution in [3.63, 3.8) is 0 Å². The van der Waals surface area contributed by atoms with Crippen molar-refractivity contribution in [2.75, 3.05) is 51.3 Å². The van der Waals surface area contributed by atoms with Gasteiger partial charge in [0.1, 0.15) is 5.82 Å². The van der Waals surface area contributed by atoms with E-state index in [0.717, 1.165) is 62.7 Å². The van der Waals surface area contributed by atoms with Crippen molar-refractivity contribution in [3.05, 3.63) is 72.3 Å². The van der Waals surface area contributed by atoms with Crippen molar-refractivity contribution < 1.29 is 4.74 Å². The highest BCUT2D eigenvalue weighted by atomic mass is 16.5. The van der Waals surface area contributed by atoms with E-state index in [0.29, 0.717) is 11.8 Å². The molecule has 2 fully saturated rings. The molecule has 8 heteroatoms. The summed E-state index contributed by atoms with van der Waals surface area (Å²) in [7, 11) is 1.64. The minimum Gasteiger partial charge on any atom is -0.481 e. The summed E-state index contributed by atoms with van der Waals surface area (Å²) in [5, 5.41) is 8.00. The Hall–Kier alpha value is -3.49. The summed E-state index contributed by atoms with van der Waals surface area (Å²) in [5.41, 5.74) is 6.01. The van der Waals surface area contributed by atoms with Crippen LogP contribution in [0.1, 0.15) is 23.5 Å². The molecule has 1 atom stereocenters. The third-order valence-corrected chi connectivity index (χ3v) is 7.23. The standard InChI is InChI=1S/C27H31N7O/c1-35-27-5-2-20(15-30-27)18-32-10-12-33(13-11-32)26-4-3-22(17-29-26)24-14-23(21-6-8-28-16-21)19-34-25(24)7-9-31-34/h2-5,7,9,14-15,17,19,21,28H,6,8,10-13,16,18H2,1H3. The van der Waals surface area contributed by atoms with Gasteiger partial charge in [0, 0.05) is 81.2 Å². The maximum absolute atomic E-state index is 5.16. The normalized spacial score (nSPS) is 18.9. The molecule has 0 saturated carbocycles. The highest BCUT2D eigenvalue weighted by molar-refractivity contribution is 5.80. The van der Waals surface area contributed by atoms with Gasteiger partial charge >= 0.3 is 0 Å². The minimum absolute atomic E-state index is 0.541. The van der Waals surface area contributed by atoms with Gasteiger partial charge in [-0.15, -0.1) is 0 Å². The first-order chi connectivity index (χ1) is 17.3. The number of nitrogens with zero attached hydrogens (tertiary/aromatic N) is 6. The van der Waals surface area contributed by atoms with Gasteiger partial charge in [0.05, 0.1) is 12.6 Å². The van der Waals surface area contributed by atoms with E-state index in [1.165, 1.54) is 23.1 Å². The average molecular weight is 470 g/mol. The number of aromatic nitrogens is 4. The molecule has 0 aliphatic carbocycles. The second kappa shape index (κ2) is 9.64. The highest BCUT2D eigenvalue weighted by Crippen LogP contribution is 2.31. The molecule has 4 aromatic heterocycles. The SMILES string of the molecule is COc1ccc(CN2CCN(c3ccc(-c4cc(C5CCNC5)cn5nccc45)cn3)CC2)cn1. The smallest absolute Gasteiger partial charge is 0.212 e. The molecule has 1 N–H and O–H groups in total. The largest absolute Gasteiger partial charge is 0.481 e. The van der Waals surface area contributed by atoms with E-state index in [1.54, 1.807) is 7.11 Å². The zero-order chi connectivity index (χ0) is 23.6. The van der Waals surface area contributed by atoms with Crippen LogP contribution in [-0.2, 0) is 6.54 Å². The molecule has 2 aliphatic heterocycles. The van der Waals surface area contributed by atoms with Crippen LogP contribution in [0.25, 0.3) is 16.6 Å². The molecule has 1 unspecified atom stereocenters. The molecule has 2 saturated heterocycles. The molecule has 2 aliphatic rings. The Kier molecular flexibility index (Phi) is 6.06. The predicted molar refractivity (Wildman–Crippen MR) is 137 cm³/mol. The number of pyridine rings is 3. The molecular weight excluding hydrogens is 438 g/mol. The van der Waals surface area contributed by atoms with Crippen molar-refractivity contribution in [3.8, 4) is 17.0 Å². The number of anilines is 1. The summed E-state index contributed by atoms with van der Waals surface area (Å²) < 4.78 is 7.17. The Balaban J connectivity index is 1.14. The monoisotopic (exact) mass is 469 g/mol. The van der Waals surface area contributed by atoms with Gasteiger partial charge in [-0.3, -0.25) is 4.90 Å². The fraction of sp³-hybridized carbons (Fsp3) is 0.370. The Morgan fingerprint density at radius 2 is 1.94 bits per heavy atom. The minimum atomic E-state index is 0.541. The van der Waals surface area contributed by atoms with Crippen LogP contribution >= 0.6 is 0 Å². The molecule has 0 spiro atoms. The summed E-state index contributed by atoms with van der Waals surface area (Å²) in [6.45, 7) is 6.96. The molecule has 6 rings (SSSR count). The van der Waals surface area contributed by atoms with Crippen molar-refractivity contribution >= 4 is 11.3 Å².